The molecule has 0 radical (unpaired) electrons. The zero-order valence-corrected chi connectivity index (χ0v) is 13.8. The summed E-state index contributed by atoms with van der Waals surface area (Å²) in [6.07, 6.45) is 7.76. The van der Waals surface area contributed by atoms with Crippen molar-refractivity contribution in [2.45, 2.75) is 56.2 Å². The third kappa shape index (κ3) is 4.49. The molecule has 1 aromatic carbocycles. The van der Waals surface area contributed by atoms with E-state index in [1.807, 2.05) is 30.0 Å². The second kappa shape index (κ2) is 8.46. The summed E-state index contributed by atoms with van der Waals surface area (Å²) in [6.45, 7) is 3.03. The molecule has 2 rings (SSSR count). The van der Waals surface area contributed by atoms with E-state index >= 15 is 0 Å². The van der Waals surface area contributed by atoms with Gasteiger partial charge in [0.25, 0.3) is 0 Å². The van der Waals surface area contributed by atoms with Gasteiger partial charge < -0.3 is 0 Å². The molecule has 1 saturated carbocycles. The quantitative estimate of drug-likeness (QED) is 0.807. The number of hydrogen-bond donors (Lipinski definition) is 1. The van der Waals surface area contributed by atoms with Crippen LogP contribution in [0.3, 0.4) is 0 Å². The van der Waals surface area contributed by atoms with Crippen molar-refractivity contribution in [2.24, 2.45) is 0 Å². The largest absolute Gasteiger partial charge is 0.295 e. The van der Waals surface area contributed by atoms with Crippen LogP contribution in [0.5, 0.6) is 0 Å². The maximum atomic E-state index is 9.86. The molecule has 21 heavy (non-hydrogen) atoms. The minimum atomic E-state index is -0.542. The van der Waals surface area contributed by atoms with E-state index in [0.29, 0.717) is 0 Å². The highest BCUT2D eigenvalue weighted by atomic mass is 32.2. The normalized spacial score (nSPS) is 18.9. The van der Waals surface area contributed by atoms with E-state index in [1.54, 1.807) is 0 Å². The molecule has 1 atom stereocenters. The van der Waals surface area contributed by atoms with Crippen LogP contribution >= 0.6 is 11.8 Å². The Bertz CT molecular complexity index is 448. The predicted molar refractivity (Wildman–Crippen MR) is 91.4 cm³/mol. The molecule has 0 bridgehead atoms. The van der Waals surface area contributed by atoms with Gasteiger partial charge in [0, 0.05) is 11.0 Å². The number of rotatable bonds is 7. The van der Waals surface area contributed by atoms with Crippen LogP contribution in [-0.4, -0.2) is 17.5 Å². The molecule has 1 aromatic rings. The first kappa shape index (κ1) is 16.4. The van der Waals surface area contributed by atoms with Crippen molar-refractivity contribution in [3.8, 4) is 6.07 Å². The Morgan fingerprint density at radius 3 is 2.57 bits per heavy atom. The van der Waals surface area contributed by atoms with Gasteiger partial charge in [0.05, 0.1) is 6.07 Å². The van der Waals surface area contributed by atoms with E-state index in [-0.39, 0.29) is 0 Å². The first-order valence-corrected chi connectivity index (χ1v) is 9.19. The Morgan fingerprint density at radius 1 is 1.24 bits per heavy atom. The standard InChI is InChI=1S/C18H26N2S/c1-2-13-20-18(14-19,16-9-5-3-6-10-16)15-21-17-11-7-4-8-12-17/h3,5-6,9-10,17,20H,2,4,7-8,11-13,15H2,1H3. The lowest BCUT2D eigenvalue weighted by Crippen LogP contribution is -2.44. The predicted octanol–water partition coefficient (Wildman–Crippen LogP) is 4.47. The van der Waals surface area contributed by atoms with E-state index < -0.39 is 5.54 Å². The van der Waals surface area contributed by atoms with Gasteiger partial charge in [-0.3, -0.25) is 5.32 Å². The van der Waals surface area contributed by atoms with Crippen LogP contribution in [0.4, 0.5) is 0 Å². The molecule has 0 heterocycles. The van der Waals surface area contributed by atoms with Crippen molar-refractivity contribution in [3.63, 3.8) is 0 Å². The number of thioether (sulfide) groups is 1. The topological polar surface area (TPSA) is 35.8 Å². The van der Waals surface area contributed by atoms with Crippen LogP contribution < -0.4 is 5.32 Å². The van der Waals surface area contributed by atoms with Crippen LogP contribution in [0.25, 0.3) is 0 Å². The minimum Gasteiger partial charge on any atom is -0.295 e. The molecular weight excluding hydrogens is 276 g/mol. The fourth-order valence-electron chi connectivity index (χ4n) is 2.91. The molecule has 0 aliphatic heterocycles. The summed E-state index contributed by atoms with van der Waals surface area (Å²) in [7, 11) is 0. The minimum absolute atomic E-state index is 0.542. The van der Waals surface area contributed by atoms with Crippen LogP contribution in [0.15, 0.2) is 30.3 Å². The maximum absolute atomic E-state index is 9.86. The lowest BCUT2D eigenvalue weighted by molar-refractivity contribution is 0.469. The van der Waals surface area contributed by atoms with Crippen molar-refractivity contribution in [1.29, 1.82) is 5.26 Å². The van der Waals surface area contributed by atoms with E-state index in [9.17, 15) is 5.26 Å². The molecule has 3 heteroatoms. The number of nitrogens with zero attached hydrogens (tertiary/aromatic N) is 1. The summed E-state index contributed by atoms with van der Waals surface area (Å²) >= 11 is 1.99. The van der Waals surface area contributed by atoms with Crippen molar-refractivity contribution in [1.82, 2.24) is 5.32 Å². The maximum Gasteiger partial charge on any atom is 0.141 e. The fourth-order valence-corrected chi connectivity index (χ4v) is 4.39. The molecule has 1 aliphatic rings. The van der Waals surface area contributed by atoms with Gasteiger partial charge in [-0.15, -0.1) is 0 Å². The SMILES string of the molecule is CCCNC(C#N)(CSC1CCCCC1)c1ccccc1. The molecule has 1 fully saturated rings. The highest BCUT2D eigenvalue weighted by Crippen LogP contribution is 2.33. The van der Waals surface area contributed by atoms with Crippen LogP contribution in [0, 0.1) is 11.3 Å². The van der Waals surface area contributed by atoms with Gasteiger partial charge in [0.15, 0.2) is 0 Å². The second-order valence-electron chi connectivity index (χ2n) is 5.88. The molecule has 114 valence electrons. The third-order valence-corrected chi connectivity index (χ3v) is 5.76. The summed E-state index contributed by atoms with van der Waals surface area (Å²) < 4.78 is 0. The number of benzene rings is 1. The molecule has 1 unspecified atom stereocenters. The Balaban J connectivity index is 2.09. The van der Waals surface area contributed by atoms with Crippen molar-refractivity contribution in [2.75, 3.05) is 12.3 Å². The first-order valence-electron chi connectivity index (χ1n) is 8.14. The smallest absolute Gasteiger partial charge is 0.141 e. The van der Waals surface area contributed by atoms with Gasteiger partial charge in [0.2, 0.25) is 0 Å². The first-order chi connectivity index (χ1) is 10.3. The summed E-state index contributed by atoms with van der Waals surface area (Å²) in [5.41, 5.74) is 0.559. The van der Waals surface area contributed by atoms with E-state index in [2.05, 4.69) is 30.4 Å². The summed E-state index contributed by atoms with van der Waals surface area (Å²) in [5.74, 6) is 0.845. The number of nitrogens with one attached hydrogen (secondary N) is 1. The van der Waals surface area contributed by atoms with Gasteiger partial charge >= 0.3 is 0 Å². The van der Waals surface area contributed by atoms with Crippen LogP contribution in [0.1, 0.15) is 51.0 Å². The Labute approximate surface area is 133 Å². The van der Waals surface area contributed by atoms with Crippen LogP contribution in [0.2, 0.25) is 0 Å². The van der Waals surface area contributed by atoms with Crippen LogP contribution in [-0.2, 0) is 5.54 Å². The molecule has 0 spiro atoms. The number of hydrogen-bond acceptors (Lipinski definition) is 3. The highest BCUT2D eigenvalue weighted by molar-refractivity contribution is 7.99. The van der Waals surface area contributed by atoms with E-state index in [0.717, 1.165) is 29.5 Å². The summed E-state index contributed by atoms with van der Waals surface area (Å²) in [6, 6.07) is 12.8. The molecule has 2 nitrogen and oxygen atoms in total. The summed E-state index contributed by atoms with van der Waals surface area (Å²) in [4.78, 5) is 0. The Kier molecular flexibility index (Phi) is 6.60. The van der Waals surface area contributed by atoms with Gasteiger partial charge in [-0.05, 0) is 31.4 Å². The molecular formula is C18H26N2S. The molecule has 1 N–H and O–H groups in total. The van der Waals surface area contributed by atoms with E-state index in [1.165, 1.54) is 32.1 Å². The number of nitriles is 1. The zero-order valence-electron chi connectivity index (χ0n) is 13.0. The lowest BCUT2D eigenvalue weighted by atomic mass is 9.93. The van der Waals surface area contributed by atoms with Gasteiger partial charge in [0.1, 0.15) is 5.54 Å². The van der Waals surface area contributed by atoms with Gasteiger partial charge in [-0.25, -0.2) is 0 Å². The third-order valence-electron chi connectivity index (χ3n) is 4.22. The highest BCUT2D eigenvalue weighted by Gasteiger charge is 2.32. The second-order valence-corrected chi connectivity index (χ2v) is 7.17. The van der Waals surface area contributed by atoms with E-state index in [4.69, 9.17) is 0 Å². The Morgan fingerprint density at radius 2 is 1.95 bits per heavy atom. The zero-order chi connectivity index (χ0) is 15.0. The average molecular weight is 302 g/mol. The summed E-state index contributed by atoms with van der Waals surface area (Å²) in [5, 5.41) is 14.1. The van der Waals surface area contributed by atoms with Gasteiger partial charge in [-0.1, -0.05) is 56.5 Å². The monoisotopic (exact) mass is 302 g/mol. The molecule has 0 saturated heterocycles. The Hall–Kier alpha value is -0.980. The van der Waals surface area contributed by atoms with Crippen molar-refractivity contribution < 1.29 is 0 Å². The lowest BCUT2D eigenvalue weighted by Gasteiger charge is -2.31. The molecule has 0 aromatic heterocycles. The molecule has 1 aliphatic carbocycles. The fraction of sp³-hybridized carbons (Fsp3) is 0.611. The molecule has 0 amide bonds. The van der Waals surface area contributed by atoms with Gasteiger partial charge in [-0.2, -0.15) is 17.0 Å². The average Bonchev–Trinajstić information content (AvgIpc) is 2.57. The van der Waals surface area contributed by atoms with Crippen molar-refractivity contribution in [3.05, 3.63) is 35.9 Å². The van der Waals surface area contributed by atoms with Crippen molar-refractivity contribution >= 4 is 11.8 Å².